The Balaban J connectivity index is 2.23. The molecule has 18 heavy (non-hydrogen) atoms. The Morgan fingerprint density at radius 3 is 2.61 bits per heavy atom. The summed E-state index contributed by atoms with van der Waals surface area (Å²) in [5, 5.41) is 3.17. The van der Waals surface area contributed by atoms with Gasteiger partial charge < -0.3 is 5.32 Å². The summed E-state index contributed by atoms with van der Waals surface area (Å²) in [6.07, 6.45) is 4.86. The zero-order valence-electron chi connectivity index (χ0n) is 10.7. The number of rotatable bonds is 9. The van der Waals surface area contributed by atoms with Crippen LogP contribution in [-0.2, 0) is 16.6 Å². The first kappa shape index (κ1) is 15.1. The van der Waals surface area contributed by atoms with E-state index in [-0.39, 0.29) is 5.75 Å². The molecule has 0 aromatic carbocycles. The van der Waals surface area contributed by atoms with Crippen LogP contribution in [0.3, 0.4) is 0 Å². The average Bonchev–Trinajstić information content (AvgIpc) is 2.38. The third kappa shape index (κ3) is 6.68. The molecular formula is C12H21N3O2S. The number of aromatic nitrogens is 1. The Kier molecular flexibility index (Phi) is 6.85. The average molecular weight is 271 g/mol. The van der Waals surface area contributed by atoms with Crippen LogP contribution in [0.4, 0.5) is 0 Å². The van der Waals surface area contributed by atoms with Crippen molar-refractivity contribution < 1.29 is 8.42 Å². The molecule has 6 heteroatoms. The zero-order valence-corrected chi connectivity index (χ0v) is 11.5. The van der Waals surface area contributed by atoms with E-state index in [9.17, 15) is 8.42 Å². The van der Waals surface area contributed by atoms with Gasteiger partial charge in [-0.05, 0) is 43.6 Å². The number of nitrogens with one attached hydrogen (secondary N) is 2. The molecule has 1 heterocycles. The van der Waals surface area contributed by atoms with E-state index in [0.29, 0.717) is 13.0 Å². The standard InChI is InChI=1S/C12H21N3O2S/c1-2-13-7-3-4-10-18(16,17)15-11-12-5-8-14-9-6-12/h5-6,8-9,13,15H,2-4,7,10-11H2,1H3. The normalized spacial score (nSPS) is 11.6. The molecule has 1 aromatic rings. The Bertz CT molecular complexity index is 420. The Hall–Kier alpha value is -0.980. The topological polar surface area (TPSA) is 71.1 Å². The van der Waals surface area contributed by atoms with E-state index in [4.69, 9.17) is 0 Å². The van der Waals surface area contributed by atoms with Gasteiger partial charge in [-0.15, -0.1) is 0 Å². The number of unbranched alkanes of at least 4 members (excludes halogenated alkanes) is 1. The van der Waals surface area contributed by atoms with Gasteiger partial charge in [-0.25, -0.2) is 13.1 Å². The molecule has 0 atom stereocenters. The molecule has 0 radical (unpaired) electrons. The van der Waals surface area contributed by atoms with Gasteiger partial charge in [0.05, 0.1) is 5.75 Å². The van der Waals surface area contributed by atoms with Crippen molar-refractivity contribution in [3.8, 4) is 0 Å². The number of sulfonamides is 1. The lowest BCUT2D eigenvalue weighted by Gasteiger charge is -2.06. The van der Waals surface area contributed by atoms with Crippen LogP contribution in [0.15, 0.2) is 24.5 Å². The van der Waals surface area contributed by atoms with Crippen molar-refractivity contribution >= 4 is 10.0 Å². The lowest BCUT2D eigenvalue weighted by molar-refractivity contribution is 0.574. The molecule has 2 N–H and O–H groups in total. The zero-order chi connectivity index (χ0) is 13.3. The summed E-state index contributed by atoms with van der Waals surface area (Å²) in [5.74, 6) is 0.184. The van der Waals surface area contributed by atoms with Gasteiger partial charge in [-0.1, -0.05) is 6.92 Å². The fourth-order valence-corrected chi connectivity index (χ4v) is 2.60. The molecule has 5 nitrogen and oxygen atoms in total. The van der Waals surface area contributed by atoms with E-state index in [2.05, 4.69) is 15.0 Å². The summed E-state index contributed by atoms with van der Waals surface area (Å²) >= 11 is 0. The van der Waals surface area contributed by atoms with Crippen LogP contribution in [0.25, 0.3) is 0 Å². The van der Waals surface area contributed by atoms with Gasteiger partial charge in [-0.2, -0.15) is 0 Å². The summed E-state index contributed by atoms with van der Waals surface area (Å²) in [5.41, 5.74) is 0.918. The van der Waals surface area contributed by atoms with Crippen molar-refractivity contribution in [3.05, 3.63) is 30.1 Å². The van der Waals surface area contributed by atoms with E-state index in [1.807, 2.05) is 6.92 Å². The smallest absolute Gasteiger partial charge is 0.211 e. The molecule has 0 saturated heterocycles. The van der Waals surface area contributed by atoms with Crippen LogP contribution in [0.5, 0.6) is 0 Å². The molecule has 0 bridgehead atoms. The van der Waals surface area contributed by atoms with Crippen LogP contribution in [0, 0.1) is 0 Å². The first-order valence-corrected chi connectivity index (χ1v) is 7.86. The van der Waals surface area contributed by atoms with E-state index in [1.165, 1.54) is 0 Å². The number of hydrogen-bond donors (Lipinski definition) is 2. The molecular weight excluding hydrogens is 250 g/mol. The number of pyridine rings is 1. The molecule has 0 amide bonds. The quantitative estimate of drug-likeness (QED) is 0.654. The van der Waals surface area contributed by atoms with Gasteiger partial charge in [0.1, 0.15) is 0 Å². The van der Waals surface area contributed by atoms with Gasteiger partial charge >= 0.3 is 0 Å². The molecule has 0 fully saturated rings. The van der Waals surface area contributed by atoms with E-state index in [1.54, 1.807) is 24.5 Å². The first-order chi connectivity index (χ1) is 8.64. The summed E-state index contributed by atoms with van der Waals surface area (Å²) < 4.78 is 26.0. The minimum absolute atomic E-state index is 0.184. The predicted octanol–water partition coefficient (Wildman–Crippen LogP) is 0.891. The van der Waals surface area contributed by atoms with Crippen LogP contribution in [-0.4, -0.2) is 32.2 Å². The molecule has 0 unspecified atom stereocenters. The summed E-state index contributed by atoms with van der Waals surface area (Å²) in [7, 11) is -3.17. The van der Waals surface area contributed by atoms with Crippen molar-refractivity contribution in [2.75, 3.05) is 18.8 Å². The molecule has 0 saturated carbocycles. The maximum absolute atomic E-state index is 11.7. The third-order valence-corrected chi connectivity index (χ3v) is 3.92. The number of hydrogen-bond acceptors (Lipinski definition) is 4. The molecule has 0 aliphatic carbocycles. The van der Waals surface area contributed by atoms with E-state index in [0.717, 1.165) is 25.1 Å². The van der Waals surface area contributed by atoms with Crippen LogP contribution in [0.2, 0.25) is 0 Å². The lowest BCUT2D eigenvalue weighted by Crippen LogP contribution is -2.26. The molecule has 102 valence electrons. The molecule has 0 aliphatic heterocycles. The summed E-state index contributed by atoms with van der Waals surface area (Å²) in [6.45, 7) is 4.16. The predicted molar refractivity (Wildman–Crippen MR) is 72.6 cm³/mol. The molecule has 1 rings (SSSR count). The highest BCUT2D eigenvalue weighted by atomic mass is 32.2. The Morgan fingerprint density at radius 2 is 1.94 bits per heavy atom. The summed E-state index contributed by atoms with van der Waals surface area (Å²) in [6, 6.07) is 3.60. The minimum Gasteiger partial charge on any atom is -0.317 e. The van der Waals surface area contributed by atoms with Crippen molar-refractivity contribution in [2.45, 2.75) is 26.3 Å². The SMILES string of the molecule is CCNCCCCS(=O)(=O)NCc1ccncc1. The molecule has 0 aliphatic rings. The van der Waals surface area contributed by atoms with Crippen molar-refractivity contribution in [1.82, 2.24) is 15.0 Å². The maximum atomic E-state index is 11.7. The first-order valence-electron chi connectivity index (χ1n) is 6.21. The highest BCUT2D eigenvalue weighted by Crippen LogP contribution is 1.99. The van der Waals surface area contributed by atoms with Crippen LogP contribution < -0.4 is 10.0 Å². The van der Waals surface area contributed by atoms with Gasteiger partial charge in [0, 0.05) is 18.9 Å². The highest BCUT2D eigenvalue weighted by Gasteiger charge is 2.08. The Morgan fingerprint density at radius 1 is 1.22 bits per heavy atom. The van der Waals surface area contributed by atoms with E-state index >= 15 is 0 Å². The van der Waals surface area contributed by atoms with Crippen molar-refractivity contribution in [1.29, 1.82) is 0 Å². The highest BCUT2D eigenvalue weighted by molar-refractivity contribution is 7.89. The van der Waals surface area contributed by atoms with Gasteiger partial charge in [0.15, 0.2) is 0 Å². The minimum atomic E-state index is -3.17. The molecule has 1 aromatic heterocycles. The second-order valence-corrected chi connectivity index (χ2v) is 5.98. The largest absolute Gasteiger partial charge is 0.317 e. The van der Waals surface area contributed by atoms with Gasteiger partial charge in [0.25, 0.3) is 0 Å². The fourth-order valence-electron chi connectivity index (χ4n) is 1.48. The lowest BCUT2D eigenvalue weighted by atomic mass is 10.3. The van der Waals surface area contributed by atoms with Crippen molar-refractivity contribution in [2.24, 2.45) is 0 Å². The Labute approximate surface area is 109 Å². The number of nitrogens with zero attached hydrogens (tertiary/aromatic N) is 1. The van der Waals surface area contributed by atoms with Gasteiger partial charge in [0.2, 0.25) is 10.0 Å². The van der Waals surface area contributed by atoms with Crippen LogP contribution >= 0.6 is 0 Å². The maximum Gasteiger partial charge on any atom is 0.211 e. The van der Waals surface area contributed by atoms with Crippen LogP contribution in [0.1, 0.15) is 25.3 Å². The van der Waals surface area contributed by atoms with Gasteiger partial charge in [-0.3, -0.25) is 4.98 Å². The third-order valence-electron chi connectivity index (χ3n) is 2.51. The summed E-state index contributed by atoms with van der Waals surface area (Å²) in [4.78, 5) is 3.88. The second kappa shape index (κ2) is 8.18. The van der Waals surface area contributed by atoms with E-state index < -0.39 is 10.0 Å². The van der Waals surface area contributed by atoms with Crippen molar-refractivity contribution in [3.63, 3.8) is 0 Å². The molecule has 0 spiro atoms. The second-order valence-electron chi connectivity index (χ2n) is 4.06. The monoisotopic (exact) mass is 271 g/mol. The fraction of sp³-hybridized carbons (Fsp3) is 0.583.